The lowest BCUT2D eigenvalue weighted by Crippen LogP contribution is -2.49. The van der Waals surface area contributed by atoms with Gasteiger partial charge in [-0.2, -0.15) is 0 Å². The van der Waals surface area contributed by atoms with Crippen molar-refractivity contribution in [3.63, 3.8) is 0 Å². The molecule has 0 spiro atoms. The summed E-state index contributed by atoms with van der Waals surface area (Å²) in [6.07, 6.45) is 5.49. The zero-order valence-electron chi connectivity index (χ0n) is 10.2. The van der Waals surface area contributed by atoms with Gasteiger partial charge in [-0.15, -0.1) is 11.8 Å². The highest BCUT2D eigenvalue weighted by Crippen LogP contribution is 2.26. The van der Waals surface area contributed by atoms with Crippen molar-refractivity contribution in [1.29, 1.82) is 0 Å². The Hall–Kier alpha value is 0.300. The first-order valence-electron chi connectivity index (χ1n) is 6.11. The molecule has 16 heavy (non-hydrogen) atoms. The number of hydrogen-bond acceptors (Lipinski definition) is 2. The molecule has 1 aliphatic heterocycles. The maximum Gasteiger partial charge on any atom is 0.233 e. The first-order valence-corrected chi connectivity index (χ1v) is 8.28. The molecule has 1 N–H and O–H groups in total. The Balaban J connectivity index is 2.47. The molecule has 1 rings (SSSR count). The summed E-state index contributed by atoms with van der Waals surface area (Å²) in [5.74, 6) is 1.38. The van der Waals surface area contributed by atoms with Gasteiger partial charge in [0.15, 0.2) is 0 Å². The number of carbonyl (C=O) groups excluding carboxylic acids is 1. The first-order chi connectivity index (χ1) is 7.61. The van der Waals surface area contributed by atoms with Crippen LogP contribution >= 0.6 is 27.7 Å². The van der Waals surface area contributed by atoms with E-state index in [-0.39, 0.29) is 16.7 Å². The minimum atomic E-state index is -0.0431. The molecule has 1 heterocycles. The van der Waals surface area contributed by atoms with Crippen LogP contribution in [0.4, 0.5) is 0 Å². The molecule has 1 aliphatic rings. The highest BCUT2D eigenvalue weighted by molar-refractivity contribution is 9.09. The van der Waals surface area contributed by atoms with Crippen LogP contribution in [0.25, 0.3) is 0 Å². The van der Waals surface area contributed by atoms with Crippen molar-refractivity contribution in [1.82, 2.24) is 5.32 Å². The number of thioether (sulfide) groups is 1. The molecule has 1 amide bonds. The van der Waals surface area contributed by atoms with Crippen molar-refractivity contribution >= 4 is 33.6 Å². The number of rotatable bonds is 5. The fourth-order valence-electron chi connectivity index (χ4n) is 1.86. The van der Waals surface area contributed by atoms with Crippen molar-refractivity contribution in [2.75, 3.05) is 11.1 Å². The summed E-state index contributed by atoms with van der Waals surface area (Å²) < 4.78 is 0. The molecule has 2 atom stereocenters. The second-order valence-corrected chi connectivity index (χ2v) is 6.80. The molecule has 94 valence electrons. The lowest BCUT2D eigenvalue weighted by Gasteiger charge is -2.32. The number of amides is 1. The molecule has 0 aromatic rings. The van der Waals surface area contributed by atoms with E-state index in [1.54, 1.807) is 0 Å². The van der Waals surface area contributed by atoms with Crippen molar-refractivity contribution < 1.29 is 4.79 Å². The molecule has 0 aromatic carbocycles. The third kappa shape index (κ3) is 4.28. The van der Waals surface area contributed by atoms with Gasteiger partial charge in [0.1, 0.15) is 0 Å². The first kappa shape index (κ1) is 14.4. The highest BCUT2D eigenvalue weighted by atomic mass is 79.9. The van der Waals surface area contributed by atoms with Crippen LogP contribution in [-0.4, -0.2) is 27.8 Å². The van der Waals surface area contributed by atoms with Crippen molar-refractivity contribution in [3.8, 4) is 0 Å². The van der Waals surface area contributed by atoms with Crippen LogP contribution in [0.2, 0.25) is 0 Å². The summed E-state index contributed by atoms with van der Waals surface area (Å²) in [6, 6.07) is 0. The van der Waals surface area contributed by atoms with E-state index < -0.39 is 0 Å². The van der Waals surface area contributed by atoms with Gasteiger partial charge < -0.3 is 5.32 Å². The number of alkyl halides is 1. The third-order valence-electron chi connectivity index (χ3n) is 3.32. The minimum Gasteiger partial charge on any atom is -0.350 e. The Kier molecular flexibility index (Phi) is 6.19. The van der Waals surface area contributed by atoms with Crippen molar-refractivity contribution in [3.05, 3.63) is 0 Å². The summed E-state index contributed by atoms with van der Waals surface area (Å²) in [7, 11) is 0. The number of halogens is 1. The zero-order valence-corrected chi connectivity index (χ0v) is 12.6. The van der Waals surface area contributed by atoms with E-state index in [4.69, 9.17) is 0 Å². The molecular weight excluding hydrogens is 286 g/mol. The van der Waals surface area contributed by atoms with Crippen molar-refractivity contribution in [2.24, 2.45) is 0 Å². The highest BCUT2D eigenvalue weighted by Gasteiger charge is 2.28. The molecule has 2 nitrogen and oxygen atoms in total. The summed E-state index contributed by atoms with van der Waals surface area (Å²) in [5, 5.41) is 4.35. The maximum atomic E-state index is 12.1. The predicted molar refractivity (Wildman–Crippen MR) is 75.3 cm³/mol. The summed E-state index contributed by atoms with van der Waals surface area (Å²) in [5.41, 5.74) is -0.0431. The van der Waals surface area contributed by atoms with Crippen molar-refractivity contribution in [2.45, 2.75) is 56.7 Å². The van der Waals surface area contributed by atoms with Gasteiger partial charge in [-0.1, -0.05) is 29.3 Å². The lowest BCUT2D eigenvalue weighted by atomic mass is 9.95. The second kappa shape index (κ2) is 6.90. The smallest absolute Gasteiger partial charge is 0.233 e. The number of nitrogens with one attached hydrogen (secondary N) is 1. The van der Waals surface area contributed by atoms with Gasteiger partial charge in [0.05, 0.1) is 5.25 Å². The number of hydrogen-bond donors (Lipinski definition) is 1. The summed E-state index contributed by atoms with van der Waals surface area (Å²) >= 11 is 5.27. The molecule has 0 saturated carbocycles. The molecule has 0 aromatic heterocycles. The summed E-state index contributed by atoms with van der Waals surface area (Å²) in [6.45, 7) is 4.27. The average Bonchev–Trinajstić information content (AvgIpc) is 2.30. The Morgan fingerprint density at radius 1 is 1.56 bits per heavy atom. The van der Waals surface area contributed by atoms with Gasteiger partial charge in [0, 0.05) is 10.9 Å². The average molecular weight is 308 g/mol. The molecule has 0 radical (unpaired) electrons. The van der Waals surface area contributed by atoms with Gasteiger partial charge in [-0.25, -0.2) is 0 Å². The Labute approximate surface area is 111 Å². The minimum absolute atomic E-state index is 0.0431. The molecule has 0 aliphatic carbocycles. The maximum absolute atomic E-state index is 12.1. The normalized spacial score (nSPS) is 24.8. The Bertz CT molecular complexity index is 231. The van der Waals surface area contributed by atoms with Crippen LogP contribution in [0, 0.1) is 0 Å². The van der Waals surface area contributed by atoms with Gasteiger partial charge in [-0.05, 0) is 38.4 Å². The fraction of sp³-hybridized carbons (Fsp3) is 0.917. The molecule has 1 saturated heterocycles. The largest absolute Gasteiger partial charge is 0.350 e. The third-order valence-corrected chi connectivity index (χ3v) is 5.10. The molecular formula is C12H22BrNOS. The van der Waals surface area contributed by atoms with Gasteiger partial charge in [0.2, 0.25) is 5.91 Å². The molecule has 0 bridgehead atoms. The Morgan fingerprint density at radius 2 is 2.31 bits per heavy atom. The molecule has 1 fully saturated rings. The number of carbonyl (C=O) groups is 1. The van der Waals surface area contributed by atoms with E-state index >= 15 is 0 Å². The van der Waals surface area contributed by atoms with E-state index in [0.717, 1.165) is 30.3 Å². The van der Waals surface area contributed by atoms with Gasteiger partial charge >= 0.3 is 0 Å². The van der Waals surface area contributed by atoms with E-state index in [1.807, 2.05) is 11.8 Å². The van der Waals surface area contributed by atoms with Crippen LogP contribution in [0.3, 0.4) is 0 Å². The Morgan fingerprint density at radius 3 is 2.81 bits per heavy atom. The zero-order chi connectivity index (χ0) is 12.0. The van der Waals surface area contributed by atoms with Crippen LogP contribution < -0.4 is 5.32 Å². The van der Waals surface area contributed by atoms with Gasteiger partial charge in [0.25, 0.3) is 0 Å². The molecule has 4 heteroatoms. The second-order valence-electron chi connectivity index (χ2n) is 4.70. The fourth-order valence-corrected chi connectivity index (χ4v) is 3.94. The van der Waals surface area contributed by atoms with Crippen LogP contribution in [0.15, 0.2) is 0 Å². The van der Waals surface area contributed by atoms with Crippen LogP contribution in [0.1, 0.15) is 46.0 Å². The quantitative estimate of drug-likeness (QED) is 0.789. The summed E-state index contributed by atoms with van der Waals surface area (Å²) in [4.78, 5) is 12.1. The monoisotopic (exact) mass is 307 g/mol. The topological polar surface area (TPSA) is 29.1 Å². The van der Waals surface area contributed by atoms with E-state index in [0.29, 0.717) is 0 Å². The SMILES string of the molecule is CCC(C)(CCBr)NC(=O)C1CCCCS1. The predicted octanol–water partition coefficient (Wildman–Crippen LogP) is 3.34. The van der Waals surface area contributed by atoms with Crippen LogP contribution in [0.5, 0.6) is 0 Å². The van der Waals surface area contributed by atoms with Crippen LogP contribution in [-0.2, 0) is 4.79 Å². The molecule has 2 unspecified atom stereocenters. The lowest BCUT2D eigenvalue weighted by molar-refractivity contribution is -0.122. The van der Waals surface area contributed by atoms with E-state index in [1.165, 1.54) is 12.8 Å². The van der Waals surface area contributed by atoms with E-state index in [2.05, 4.69) is 35.1 Å². The standard InChI is InChI=1S/C12H22BrNOS/c1-3-12(2,7-8-13)14-11(15)10-6-4-5-9-16-10/h10H,3-9H2,1-2H3,(H,14,15). The van der Waals surface area contributed by atoms with Gasteiger partial charge in [-0.3, -0.25) is 4.79 Å². The van der Waals surface area contributed by atoms with E-state index in [9.17, 15) is 4.79 Å².